The van der Waals surface area contributed by atoms with Crippen molar-refractivity contribution in [3.63, 3.8) is 0 Å². The summed E-state index contributed by atoms with van der Waals surface area (Å²) >= 11 is 1.45. The van der Waals surface area contributed by atoms with E-state index in [9.17, 15) is 9.59 Å². The van der Waals surface area contributed by atoms with Crippen LogP contribution in [0.4, 0.5) is 0 Å². The molecular weight excluding hydrogens is 252 g/mol. The Morgan fingerprint density at radius 2 is 2.28 bits per heavy atom. The van der Waals surface area contributed by atoms with Crippen molar-refractivity contribution >= 4 is 23.7 Å². The number of esters is 1. The summed E-state index contributed by atoms with van der Waals surface area (Å²) in [5.41, 5.74) is 0.387. The summed E-state index contributed by atoms with van der Waals surface area (Å²) < 4.78 is 4.98. The first-order valence-electron chi connectivity index (χ1n) is 5.91. The van der Waals surface area contributed by atoms with Crippen molar-refractivity contribution < 1.29 is 14.3 Å². The van der Waals surface area contributed by atoms with Crippen LogP contribution in [0.25, 0.3) is 0 Å². The van der Waals surface area contributed by atoms with Crippen LogP contribution in [0, 0.1) is 5.92 Å². The lowest BCUT2D eigenvalue weighted by molar-refractivity contribution is -0.109. The first-order chi connectivity index (χ1) is 8.58. The lowest BCUT2D eigenvalue weighted by Crippen LogP contribution is -2.11. The van der Waals surface area contributed by atoms with Crippen LogP contribution in [0.5, 0.6) is 0 Å². The normalized spacial score (nSPS) is 10.4. The number of aromatic nitrogens is 1. The zero-order chi connectivity index (χ0) is 13.5. The molecule has 6 heteroatoms. The lowest BCUT2D eigenvalue weighted by Gasteiger charge is -2.04. The van der Waals surface area contributed by atoms with Crippen LogP contribution in [-0.2, 0) is 22.5 Å². The Bertz CT molecular complexity index is 415. The quantitative estimate of drug-likeness (QED) is 0.605. The van der Waals surface area contributed by atoms with Gasteiger partial charge < -0.3 is 10.1 Å². The number of hydrogen-bond donors (Lipinski definition) is 1. The zero-order valence-electron chi connectivity index (χ0n) is 10.9. The highest BCUT2D eigenvalue weighted by Crippen LogP contribution is 2.22. The first-order valence-corrected chi connectivity index (χ1v) is 6.72. The molecule has 0 spiro atoms. The molecule has 1 heterocycles. The first kappa shape index (κ1) is 14.6. The molecule has 1 rings (SSSR count). The van der Waals surface area contributed by atoms with E-state index in [1.165, 1.54) is 11.3 Å². The zero-order valence-corrected chi connectivity index (χ0v) is 11.7. The van der Waals surface area contributed by atoms with Crippen LogP contribution in [0.15, 0.2) is 0 Å². The monoisotopic (exact) mass is 270 g/mol. The molecule has 1 aromatic rings. The molecule has 1 amide bonds. The molecular formula is C12H18N2O3S. The van der Waals surface area contributed by atoms with E-state index in [1.54, 1.807) is 6.92 Å². The largest absolute Gasteiger partial charge is 0.461 e. The van der Waals surface area contributed by atoms with E-state index in [1.807, 2.05) is 0 Å². The third kappa shape index (κ3) is 4.10. The number of nitrogens with zero attached hydrogens (tertiary/aromatic N) is 1. The maximum atomic E-state index is 11.8. The summed E-state index contributed by atoms with van der Waals surface area (Å²) in [7, 11) is 0. The van der Waals surface area contributed by atoms with Crippen molar-refractivity contribution in [1.29, 1.82) is 0 Å². The molecule has 0 unspecified atom stereocenters. The minimum atomic E-state index is -0.387. The lowest BCUT2D eigenvalue weighted by atomic mass is 10.1. The third-order valence-electron chi connectivity index (χ3n) is 2.14. The van der Waals surface area contributed by atoms with Gasteiger partial charge in [0.2, 0.25) is 6.41 Å². The van der Waals surface area contributed by atoms with Crippen molar-refractivity contribution in [2.24, 2.45) is 5.92 Å². The third-order valence-corrected chi connectivity index (χ3v) is 3.22. The molecule has 0 aliphatic rings. The van der Waals surface area contributed by atoms with Gasteiger partial charge in [0.05, 0.1) is 13.2 Å². The summed E-state index contributed by atoms with van der Waals surface area (Å²) in [6.45, 7) is 6.61. The fraction of sp³-hybridized carbons (Fsp3) is 0.583. The fourth-order valence-corrected chi connectivity index (χ4v) is 2.69. The molecule has 0 bridgehead atoms. The van der Waals surface area contributed by atoms with Crippen LogP contribution in [0.1, 0.15) is 41.1 Å². The van der Waals surface area contributed by atoms with Gasteiger partial charge in [0.25, 0.3) is 0 Å². The van der Waals surface area contributed by atoms with Gasteiger partial charge in [0, 0.05) is 4.88 Å². The number of rotatable bonds is 7. The summed E-state index contributed by atoms with van der Waals surface area (Å²) in [5, 5.41) is 3.27. The number of amides is 1. The van der Waals surface area contributed by atoms with Crippen molar-refractivity contribution in [2.45, 2.75) is 33.7 Å². The van der Waals surface area contributed by atoms with E-state index in [4.69, 9.17) is 4.74 Å². The van der Waals surface area contributed by atoms with E-state index in [-0.39, 0.29) is 5.97 Å². The topological polar surface area (TPSA) is 68.3 Å². The smallest absolute Gasteiger partial charge is 0.358 e. The number of ether oxygens (including phenoxy) is 1. The van der Waals surface area contributed by atoms with Crippen molar-refractivity contribution in [3.8, 4) is 0 Å². The molecule has 0 radical (unpaired) electrons. The van der Waals surface area contributed by atoms with Crippen molar-refractivity contribution in [1.82, 2.24) is 10.3 Å². The molecule has 100 valence electrons. The van der Waals surface area contributed by atoms with Crippen LogP contribution in [0.3, 0.4) is 0 Å². The second kappa shape index (κ2) is 7.10. The van der Waals surface area contributed by atoms with Gasteiger partial charge in [-0.2, -0.15) is 0 Å². The number of hydrogen-bond acceptors (Lipinski definition) is 5. The molecule has 18 heavy (non-hydrogen) atoms. The van der Waals surface area contributed by atoms with Gasteiger partial charge in [0.15, 0.2) is 5.69 Å². The van der Waals surface area contributed by atoms with Crippen molar-refractivity contribution in [2.75, 3.05) is 6.61 Å². The van der Waals surface area contributed by atoms with Gasteiger partial charge in [-0.05, 0) is 19.3 Å². The Kier molecular flexibility index (Phi) is 5.77. The van der Waals surface area contributed by atoms with E-state index in [0.29, 0.717) is 31.2 Å². The number of thiazole rings is 1. The predicted molar refractivity (Wildman–Crippen MR) is 69.5 cm³/mol. The summed E-state index contributed by atoms with van der Waals surface area (Å²) in [6.07, 6.45) is 1.40. The second-order valence-electron chi connectivity index (χ2n) is 4.20. The van der Waals surface area contributed by atoms with Gasteiger partial charge in [-0.25, -0.2) is 9.78 Å². The highest BCUT2D eigenvalue weighted by Gasteiger charge is 2.19. The SMILES string of the molecule is CCOC(=O)c1nc(CNC=O)sc1CC(C)C. The average molecular weight is 270 g/mol. The molecule has 0 aromatic carbocycles. The van der Waals surface area contributed by atoms with E-state index >= 15 is 0 Å². The van der Waals surface area contributed by atoms with E-state index in [2.05, 4.69) is 24.1 Å². The standard InChI is InChI=1S/C12H18N2O3S/c1-4-17-12(16)11-9(5-8(2)3)18-10(14-11)6-13-7-15/h7-8H,4-6H2,1-3H3,(H,13,15). The van der Waals surface area contributed by atoms with Gasteiger partial charge >= 0.3 is 5.97 Å². The van der Waals surface area contributed by atoms with E-state index < -0.39 is 0 Å². The Hall–Kier alpha value is -1.43. The maximum absolute atomic E-state index is 11.8. The molecule has 0 saturated heterocycles. The highest BCUT2D eigenvalue weighted by molar-refractivity contribution is 7.11. The number of nitrogens with one attached hydrogen (secondary N) is 1. The minimum absolute atomic E-state index is 0.333. The van der Waals surface area contributed by atoms with Crippen LogP contribution < -0.4 is 5.32 Å². The van der Waals surface area contributed by atoms with Gasteiger partial charge in [-0.1, -0.05) is 13.8 Å². The Morgan fingerprint density at radius 3 is 2.83 bits per heavy atom. The van der Waals surface area contributed by atoms with Gasteiger partial charge in [0.1, 0.15) is 5.01 Å². The second-order valence-corrected chi connectivity index (χ2v) is 5.36. The Labute approximate surface area is 111 Å². The Balaban J connectivity index is 2.92. The molecule has 0 fully saturated rings. The van der Waals surface area contributed by atoms with Crippen LogP contribution in [0.2, 0.25) is 0 Å². The molecule has 0 saturated carbocycles. The molecule has 1 N–H and O–H groups in total. The summed E-state index contributed by atoms with van der Waals surface area (Å²) in [6, 6.07) is 0. The highest BCUT2D eigenvalue weighted by atomic mass is 32.1. The van der Waals surface area contributed by atoms with E-state index in [0.717, 1.165) is 16.3 Å². The molecule has 0 atom stereocenters. The average Bonchev–Trinajstić information content (AvgIpc) is 2.69. The summed E-state index contributed by atoms with van der Waals surface area (Å²) in [4.78, 5) is 27.2. The van der Waals surface area contributed by atoms with Gasteiger partial charge in [-0.15, -0.1) is 11.3 Å². The Morgan fingerprint density at radius 1 is 1.56 bits per heavy atom. The summed E-state index contributed by atoms with van der Waals surface area (Å²) in [5.74, 6) is 0.0484. The minimum Gasteiger partial charge on any atom is -0.461 e. The predicted octanol–water partition coefficient (Wildman–Crippen LogP) is 1.76. The van der Waals surface area contributed by atoms with Gasteiger partial charge in [-0.3, -0.25) is 4.79 Å². The number of carbonyl (C=O) groups excluding carboxylic acids is 2. The van der Waals surface area contributed by atoms with Crippen LogP contribution >= 0.6 is 11.3 Å². The maximum Gasteiger partial charge on any atom is 0.358 e. The van der Waals surface area contributed by atoms with Crippen molar-refractivity contribution in [3.05, 3.63) is 15.6 Å². The molecule has 0 aliphatic carbocycles. The number of carbonyl (C=O) groups is 2. The fourth-order valence-electron chi connectivity index (χ4n) is 1.47. The molecule has 0 aliphatic heterocycles. The molecule has 5 nitrogen and oxygen atoms in total. The van der Waals surface area contributed by atoms with Crippen LogP contribution in [-0.4, -0.2) is 24.0 Å². The molecule has 1 aromatic heterocycles.